The normalized spacial score (nSPS) is 23.6. The molecule has 0 spiro atoms. The number of ether oxygens (including phenoxy) is 1. The number of nitrogens with one attached hydrogen (secondary N) is 2. The third kappa shape index (κ3) is 3.40. The highest BCUT2D eigenvalue weighted by atomic mass is 79.9. The van der Waals surface area contributed by atoms with Crippen molar-refractivity contribution >= 4 is 21.6 Å². The molecule has 106 valence electrons. The molecule has 3 nitrogen and oxygen atoms in total. The van der Waals surface area contributed by atoms with E-state index in [1.807, 2.05) is 0 Å². The van der Waals surface area contributed by atoms with Crippen LogP contribution in [0.15, 0.2) is 22.7 Å². The first kappa shape index (κ1) is 14.6. The molecule has 0 saturated carbocycles. The zero-order chi connectivity index (χ0) is 14.0. The molecule has 2 N–H and O–H groups in total. The lowest BCUT2D eigenvalue weighted by Crippen LogP contribution is -2.33. The molecule has 1 aliphatic heterocycles. The lowest BCUT2D eigenvalue weighted by Gasteiger charge is -2.21. The summed E-state index contributed by atoms with van der Waals surface area (Å²) in [6.07, 6.45) is -4.32. The SMILES string of the molecule is CO[C@H]1CNCC1Nc1ccc(C(F)(F)F)cc1Br. The zero-order valence-corrected chi connectivity index (χ0v) is 11.8. The van der Waals surface area contributed by atoms with Gasteiger partial charge in [0.1, 0.15) is 0 Å². The number of hydrogen-bond donors (Lipinski definition) is 2. The quantitative estimate of drug-likeness (QED) is 0.889. The number of methoxy groups -OCH3 is 1. The van der Waals surface area contributed by atoms with Gasteiger partial charge in [0.05, 0.1) is 17.7 Å². The molecule has 1 heterocycles. The molecule has 0 aliphatic carbocycles. The summed E-state index contributed by atoms with van der Waals surface area (Å²) in [6.45, 7) is 1.44. The van der Waals surface area contributed by atoms with Crippen LogP contribution in [0.4, 0.5) is 18.9 Å². The van der Waals surface area contributed by atoms with Gasteiger partial charge < -0.3 is 15.4 Å². The second kappa shape index (κ2) is 5.68. The first-order chi connectivity index (χ1) is 8.91. The van der Waals surface area contributed by atoms with Crippen LogP contribution in [0.3, 0.4) is 0 Å². The van der Waals surface area contributed by atoms with Crippen molar-refractivity contribution in [3.63, 3.8) is 0 Å². The van der Waals surface area contributed by atoms with E-state index in [0.717, 1.165) is 18.7 Å². The van der Waals surface area contributed by atoms with Gasteiger partial charge in [-0.2, -0.15) is 13.2 Å². The lowest BCUT2D eigenvalue weighted by atomic mass is 10.1. The number of alkyl halides is 3. The van der Waals surface area contributed by atoms with Crippen LogP contribution in [-0.2, 0) is 10.9 Å². The van der Waals surface area contributed by atoms with Crippen LogP contribution in [0.25, 0.3) is 0 Å². The van der Waals surface area contributed by atoms with Gasteiger partial charge in [0.25, 0.3) is 0 Å². The maximum atomic E-state index is 12.5. The summed E-state index contributed by atoms with van der Waals surface area (Å²) < 4.78 is 43.3. The predicted molar refractivity (Wildman–Crippen MR) is 70.2 cm³/mol. The minimum atomic E-state index is -4.33. The van der Waals surface area contributed by atoms with Gasteiger partial charge in [0.15, 0.2) is 0 Å². The Morgan fingerprint density at radius 2 is 2.11 bits per heavy atom. The first-order valence-electron chi connectivity index (χ1n) is 5.78. The fourth-order valence-corrected chi connectivity index (χ4v) is 2.55. The maximum Gasteiger partial charge on any atom is 0.416 e. The Bertz CT molecular complexity index is 453. The number of halogens is 4. The average Bonchev–Trinajstić information content (AvgIpc) is 2.77. The summed E-state index contributed by atoms with van der Waals surface area (Å²) in [5.74, 6) is 0. The fourth-order valence-electron chi connectivity index (χ4n) is 2.05. The molecular formula is C12H14BrF3N2O. The van der Waals surface area contributed by atoms with E-state index in [4.69, 9.17) is 4.74 Å². The second-order valence-electron chi connectivity index (χ2n) is 4.38. The van der Waals surface area contributed by atoms with Gasteiger partial charge in [-0.05, 0) is 34.1 Å². The van der Waals surface area contributed by atoms with E-state index in [9.17, 15) is 13.2 Å². The van der Waals surface area contributed by atoms with Crippen LogP contribution in [0.2, 0.25) is 0 Å². The summed E-state index contributed by atoms with van der Waals surface area (Å²) in [7, 11) is 1.62. The van der Waals surface area contributed by atoms with Crippen molar-refractivity contribution < 1.29 is 17.9 Å². The van der Waals surface area contributed by atoms with Crippen molar-refractivity contribution in [1.29, 1.82) is 0 Å². The largest absolute Gasteiger partial charge is 0.416 e. The Balaban J connectivity index is 2.13. The van der Waals surface area contributed by atoms with E-state index < -0.39 is 11.7 Å². The fraction of sp³-hybridized carbons (Fsp3) is 0.500. The van der Waals surface area contributed by atoms with Gasteiger partial charge in [-0.15, -0.1) is 0 Å². The van der Waals surface area contributed by atoms with Gasteiger partial charge in [0.2, 0.25) is 0 Å². The number of rotatable bonds is 3. The van der Waals surface area contributed by atoms with Crippen LogP contribution in [0, 0.1) is 0 Å². The Morgan fingerprint density at radius 1 is 1.37 bits per heavy atom. The number of anilines is 1. The molecule has 1 aliphatic rings. The summed E-state index contributed by atoms with van der Waals surface area (Å²) in [5.41, 5.74) is -0.0403. The average molecular weight is 339 g/mol. The van der Waals surface area contributed by atoms with Gasteiger partial charge in [0, 0.05) is 30.4 Å². The van der Waals surface area contributed by atoms with E-state index >= 15 is 0 Å². The molecule has 1 saturated heterocycles. The van der Waals surface area contributed by atoms with Crippen molar-refractivity contribution in [1.82, 2.24) is 5.32 Å². The van der Waals surface area contributed by atoms with Crippen LogP contribution in [0.1, 0.15) is 5.56 Å². The van der Waals surface area contributed by atoms with Crippen LogP contribution in [0.5, 0.6) is 0 Å². The van der Waals surface area contributed by atoms with Crippen molar-refractivity contribution in [2.75, 3.05) is 25.5 Å². The van der Waals surface area contributed by atoms with Crippen LogP contribution >= 0.6 is 15.9 Å². The Hall–Kier alpha value is -0.790. The van der Waals surface area contributed by atoms with Crippen molar-refractivity contribution in [2.24, 2.45) is 0 Å². The first-order valence-corrected chi connectivity index (χ1v) is 6.58. The lowest BCUT2D eigenvalue weighted by molar-refractivity contribution is -0.137. The summed E-state index contributed by atoms with van der Waals surface area (Å²) in [4.78, 5) is 0. The molecule has 19 heavy (non-hydrogen) atoms. The highest BCUT2D eigenvalue weighted by molar-refractivity contribution is 9.10. The van der Waals surface area contributed by atoms with E-state index in [1.165, 1.54) is 6.07 Å². The molecule has 7 heteroatoms. The van der Waals surface area contributed by atoms with Crippen LogP contribution < -0.4 is 10.6 Å². The molecule has 1 aromatic rings. The Kier molecular flexibility index (Phi) is 4.37. The minimum Gasteiger partial charge on any atom is -0.378 e. The Morgan fingerprint density at radius 3 is 2.68 bits per heavy atom. The molecule has 0 bridgehead atoms. The molecule has 2 atom stereocenters. The molecule has 0 aromatic heterocycles. The number of hydrogen-bond acceptors (Lipinski definition) is 3. The maximum absolute atomic E-state index is 12.5. The summed E-state index contributed by atoms with van der Waals surface area (Å²) >= 11 is 3.17. The Labute approximate surface area is 117 Å². The van der Waals surface area contributed by atoms with E-state index in [0.29, 0.717) is 16.7 Å². The molecular weight excluding hydrogens is 325 g/mol. The highest BCUT2D eigenvalue weighted by Crippen LogP contribution is 2.34. The third-order valence-electron chi connectivity index (χ3n) is 3.10. The van der Waals surface area contributed by atoms with Crippen LogP contribution in [-0.4, -0.2) is 32.3 Å². The second-order valence-corrected chi connectivity index (χ2v) is 5.23. The van der Waals surface area contributed by atoms with E-state index in [1.54, 1.807) is 7.11 Å². The smallest absolute Gasteiger partial charge is 0.378 e. The zero-order valence-electron chi connectivity index (χ0n) is 10.2. The molecule has 2 rings (SSSR count). The number of benzene rings is 1. The van der Waals surface area contributed by atoms with Gasteiger partial charge in [-0.3, -0.25) is 0 Å². The van der Waals surface area contributed by atoms with Gasteiger partial charge in [-0.25, -0.2) is 0 Å². The highest BCUT2D eigenvalue weighted by Gasteiger charge is 2.31. The van der Waals surface area contributed by atoms with Crippen molar-refractivity contribution in [2.45, 2.75) is 18.3 Å². The molecule has 0 amide bonds. The molecule has 1 fully saturated rings. The molecule has 0 radical (unpaired) electrons. The molecule has 1 unspecified atom stereocenters. The van der Waals surface area contributed by atoms with Gasteiger partial charge in [-0.1, -0.05) is 0 Å². The van der Waals surface area contributed by atoms with Crippen molar-refractivity contribution in [3.05, 3.63) is 28.2 Å². The summed E-state index contributed by atoms with van der Waals surface area (Å²) in [5, 5.41) is 6.35. The monoisotopic (exact) mass is 338 g/mol. The predicted octanol–water partition coefficient (Wildman–Crippen LogP) is 2.87. The topological polar surface area (TPSA) is 33.3 Å². The van der Waals surface area contributed by atoms with E-state index in [2.05, 4.69) is 26.6 Å². The standard InChI is InChI=1S/C12H14BrF3N2O/c1-19-11-6-17-5-10(11)18-9-3-2-7(4-8(9)13)12(14,15)16/h2-4,10-11,17-18H,5-6H2,1H3/t10?,11-/m0/s1. The van der Waals surface area contributed by atoms with E-state index in [-0.39, 0.29) is 12.1 Å². The minimum absolute atomic E-state index is 0.00851. The summed E-state index contributed by atoms with van der Waals surface area (Å²) in [6, 6.07) is 3.61. The molecule has 1 aromatic carbocycles. The third-order valence-corrected chi connectivity index (χ3v) is 3.75. The van der Waals surface area contributed by atoms with Crippen molar-refractivity contribution in [3.8, 4) is 0 Å². The van der Waals surface area contributed by atoms with Gasteiger partial charge >= 0.3 is 6.18 Å².